The molecule has 4 unspecified atom stereocenters. The standard InChI is InChI=1S/C15H22O4/c1-2-14(18-10-5-3-4-6-10)19-15(16)12-9-11-7-8-13(12)17-11/h7-8,10-14H,2-6,9H2,1H3. The topological polar surface area (TPSA) is 44.8 Å². The van der Waals surface area contributed by atoms with Crippen LogP contribution in [0.1, 0.15) is 45.4 Å². The minimum atomic E-state index is -0.390. The highest BCUT2D eigenvalue weighted by Crippen LogP contribution is 2.35. The van der Waals surface area contributed by atoms with Gasteiger partial charge in [-0.15, -0.1) is 0 Å². The third-order valence-electron chi connectivity index (χ3n) is 4.26. The monoisotopic (exact) mass is 266 g/mol. The largest absolute Gasteiger partial charge is 0.435 e. The van der Waals surface area contributed by atoms with Crippen LogP contribution in [0.4, 0.5) is 0 Å². The fraction of sp³-hybridized carbons (Fsp3) is 0.800. The summed E-state index contributed by atoms with van der Waals surface area (Å²) >= 11 is 0. The van der Waals surface area contributed by atoms with Gasteiger partial charge >= 0.3 is 5.97 Å². The van der Waals surface area contributed by atoms with Gasteiger partial charge in [-0.25, -0.2) is 0 Å². The zero-order valence-corrected chi connectivity index (χ0v) is 11.4. The Labute approximate surface area is 114 Å². The molecular weight excluding hydrogens is 244 g/mol. The maximum absolute atomic E-state index is 12.2. The van der Waals surface area contributed by atoms with Crippen LogP contribution in [-0.2, 0) is 19.0 Å². The molecule has 4 atom stereocenters. The molecule has 0 radical (unpaired) electrons. The van der Waals surface area contributed by atoms with E-state index < -0.39 is 6.29 Å². The van der Waals surface area contributed by atoms with Crippen molar-refractivity contribution in [2.24, 2.45) is 5.92 Å². The second kappa shape index (κ2) is 5.63. The van der Waals surface area contributed by atoms with Gasteiger partial charge in [0.15, 0.2) is 0 Å². The second-order valence-corrected chi connectivity index (χ2v) is 5.68. The molecule has 1 saturated carbocycles. The molecule has 3 aliphatic rings. The first-order chi connectivity index (χ1) is 9.26. The van der Waals surface area contributed by atoms with E-state index >= 15 is 0 Å². The first-order valence-corrected chi connectivity index (χ1v) is 7.46. The quantitative estimate of drug-likeness (QED) is 0.436. The van der Waals surface area contributed by atoms with Crippen LogP contribution in [-0.4, -0.2) is 30.6 Å². The second-order valence-electron chi connectivity index (χ2n) is 5.68. The van der Waals surface area contributed by atoms with Gasteiger partial charge in [-0.05, 0) is 19.3 Å². The minimum Gasteiger partial charge on any atom is -0.435 e. The number of carbonyl (C=O) groups is 1. The summed E-state index contributed by atoms with van der Waals surface area (Å²) in [5, 5.41) is 0. The molecule has 0 aromatic heterocycles. The van der Waals surface area contributed by atoms with Crippen molar-refractivity contribution in [2.45, 2.75) is 70.1 Å². The van der Waals surface area contributed by atoms with Gasteiger partial charge in [0.25, 0.3) is 0 Å². The highest BCUT2D eigenvalue weighted by molar-refractivity contribution is 5.74. The highest BCUT2D eigenvalue weighted by Gasteiger charge is 2.42. The average molecular weight is 266 g/mol. The molecule has 0 N–H and O–H groups in total. The fourth-order valence-electron chi connectivity index (χ4n) is 3.17. The summed E-state index contributed by atoms with van der Waals surface area (Å²) in [6.07, 6.45) is 9.99. The number of hydrogen-bond acceptors (Lipinski definition) is 4. The van der Waals surface area contributed by atoms with E-state index in [1.807, 2.05) is 19.1 Å². The van der Waals surface area contributed by atoms with Crippen molar-refractivity contribution in [3.8, 4) is 0 Å². The minimum absolute atomic E-state index is 0.0820. The number of ether oxygens (including phenoxy) is 3. The lowest BCUT2D eigenvalue weighted by Crippen LogP contribution is -2.31. The summed E-state index contributed by atoms with van der Waals surface area (Å²) < 4.78 is 17.0. The molecule has 4 nitrogen and oxygen atoms in total. The Kier molecular flexibility index (Phi) is 3.89. The number of carbonyl (C=O) groups excluding carboxylic acids is 1. The van der Waals surface area contributed by atoms with E-state index in [2.05, 4.69) is 0 Å². The van der Waals surface area contributed by atoms with Crippen LogP contribution in [0.2, 0.25) is 0 Å². The summed E-state index contributed by atoms with van der Waals surface area (Å²) in [6, 6.07) is 0. The van der Waals surface area contributed by atoms with Crippen LogP contribution in [0, 0.1) is 5.92 Å². The Hall–Kier alpha value is -0.870. The number of esters is 1. The zero-order valence-electron chi connectivity index (χ0n) is 11.4. The van der Waals surface area contributed by atoms with Crippen molar-refractivity contribution < 1.29 is 19.0 Å². The van der Waals surface area contributed by atoms with Gasteiger partial charge < -0.3 is 14.2 Å². The first-order valence-electron chi connectivity index (χ1n) is 7.46. The summed E-state index contributed by atoms with van der Waals surface area (Å²) in [6.45, 7) is 1.99. The molecule has 2 fully saturated rings. The molecule has 2 bridgehead atoms. The van der Waals surface area contributed by atoms with Crippen LogP contribution >= 0.6 is 0 Å². The number of fused-ring (bicyclic) bond motifs is 2. The van der Waals surface area contributed by atoms with Crippen molar-refractivity contribution in [2.75, 3.05) is 0 Å². The average Bonchev–Trinajstić information content (AvgIpc) is 3.14. The molecule has 2 aliphatic heterocycles. The van der Waals surface area contributed by atoms with E-state index in [1.165, 1.54) is 12.8 Å². The maximum atomic E-state index is 12.2. The lowest BCUT2D eigenvalue weighted by molar-refractivity contribution is -0.194. The molecular formula is C15H22O4. The van der Waals surface area contributed by atoms with Crippen molar-refractivity contribution in [3.05, 3.63) is 12.2 Å². The molecule has 1 aliphatic carbocycles. The van der Waals surface area contributed by atoms with Crippen LogP contribution in [0.15, 0.2) is 12.2 Å². The molecule has 2 heterocycles. The smallest absolute Gasteiger partial charge is 0.314 e. The number of rotatable bonds is 5. The van der Waals surface area contributed by atoms with Gasteiger partial charge in [0.1, 0.15) is 0 Å². The molecule has 1 saturated heterocycles. The highest BCUT2D eigenvalue weighted by atomic mass is 16.7. The molecule has 0 amide bonds. The predicted octanol–water partition coefficient (Wildman–Crippen LogP) is 2.57. The maximum Gasteiger partial charge on any atom is 0.314 e. The zero-order chi connectivity index (χ0) is 13.2. The van der Waals surface area contributed by atoms with Crippen LogP contribution < -0.4 is 0 Å². The van der Waals surface area contributed by atoms with Gasteiger partial charge in [-0.1, -0.05) is 31.9 Å². The van der Waals surface area contributed by atoms with Crippen molar-refractivity contribution >= 4 is 5.97 Å². The lowest BCUT2D eigenvalue weighted by atomic mass is 9.94. The molecule has 0 aromatic rings. The van der Waals surface area contributed by atoms with E-state index in [4.69, 9.17) is 14.2 Å². The SMILES string of the molecule is CCC(OC(=O)C1CC2C=CC1O2)OC1CCCC1. The molecule has 106 valence electrons. The normalized spacial score (nSPS) is 34.9. The first kappa shape index (κ1) is 13.1. The third kappa shape index (κ3) is 2.84. The van der Waals surface area contributed by atoms with E-state index in [1.54, 1.807) is 0 Å². The van der Waals surface area contributed by atoms with Crippen LogP contribution in [0.3, 0.4) is 0 Å². The van der Waals surface area contributed by atoms with Gasteiger partial charge in [0, 0.05) is 6.42 Å². The van der Waals surface area contributed by atoms with E-state index in [0.29, 0.717) is 6.42 Å². The van der Waals surface area contributed by atoms with E-state index in [9.17, 15) is 4.79 Å². The van der Waals surface area contributed by atoms with Crippen molar-refractivity contribution in [1.82, 2.24) is 0 Å². The van der Waals surface area contributed by atoms with Crippen LogP contribution in [0.25, 0.3) is 0 Å². The van der Waals surface area contributed by atoms with Gasteiger partial charge in [-0.2, -0.15) is 0 Å². The lowest BCUT2D eigenvalue weighted by Gasteiger charge is -2.23. The number of hydrogen-bond donors (Lipinski definition) is 0. The molecule has 0 aromatic carbocycles. The van der Waals surface area contributed by atoms with Crippen LogP contribution in [0.5, 0.6) is 0 Å². The summed E-state index contributed by atoms with van der Waals surface area (Å²) in [5.41, 5.74) is 0. The Morgan fingerprint density at radius 1 is 1.37 bits per heavy atom. The molecule has 4 heteroatoms. The van der Waals surface area contributed by atoms with Crippen molar-refractivity contribution in [1.29, 1.82) is 0 Å². The Balaban J connectivity index is 1.51. The van der Waals surface area contributed by atoms with Gasteiger partial charge in [0.2, 0.25) is 6.29 Å². The summed E-state index contributed by atoms with van der Waals surface area (Å²) in [5.74, 6) is -0.307. The Morgan fingerprint density at radius 3 is 2.74 bits per heavy atom. The molecule has 19 heavy (non-hydrogen) atoms. The van der Waals surface area contributed by atoms with E-state index in [-0.39, 0.29) is 30.2 Å². The third-order valence-corrected chi connectivity index (χ3v) is 4.26. The van der Waals surface area contributed by atoms with E-state index in [0.717, 1.165) is 19.3 Å². The summed E-state index contributed by atoms with van der Waals surface area (Å²) in [7, 11) is 0. The van der Waals surface area contributed by atoms with Crippen molar-refractivity contribution in [3.63, 3.8) is 0 Å². The molecule has 0 spiro atoms. The fourth-order valence-corrected chi connectivity index (χ4v) is 3.17. The van der Waals surface area contributed by atoms with Gasteiger partial charge in [-0.3, -0.25) is 4.79 Å². The molecule has 3 rings (SSSR count). The predicted molar refractivity (Wildman–Crippen MR) is 69.4 cm³/mol. The van der Waals surface area contributed by atoms with Gasteiger partial charge in [0.05, 0.1) is 24.2 Å². The summed E-state index contributed by atoms with van der Waals surface area (Å²) in [4.78, 5) is 12.2. The Morgan fingerprint density at radius 2 is 2.16 bits per heavy atom. The Bertz CT molecular complexity index is 359.